The monoisotopic (exact) mass is 380 g/mol. The summed E-state index contributed by atoms with van der Waals surface area (Å²) in [5.41, 5.74) is 1.16. The van der Waals surface area contributed by atoms with Crippen LogP contribution in [-0.4, -0.2) is 15.9 Å². The molecule has 0 unspecified atom stereocenters. The van der Waals surface area contributed by atoms with Crippen LogP contribution < -0.4 is 3.61 Å². The second-order valence-electron chi connectivity index (χ2n) is 2.47. The van der Waals surface area contributed by atoms with E-state index in [-0.39, 0.29) is 0 Å². The molecule has 2 rings (SSSR count). The zero-order valence-corrected chi connectivity index (χ0v) is 11.4. The van der Waals surface area contributed by atoms with Gasteiger partial charge < -0.3 is 0 Å². The van der Waals surface area contributed by atoms with Crippen molar-refractivity contribution in [1.82, 2.24) is 0 Å². The fraction of sp³-hybridized carbons (Fsp3) is 0. The Kier molecular flexibility index (Phi) is 2.49. The fourth-order valence-corrected chi connectivity index (χ4v) is 11.8. The molecule has 64 valence electrons. The first-order valence-electron chi connectivity index (χ1n) is 3.30. The van der Waals surface area contributed by atoms with Gasteiger partial charge in [0.25, 0.3) is 0 Å². The van der Waals surface area contributed by atoms with E-state index >= 15 is 0 Å². The standard InChI is InChI=1S/C8H5BrCl2Te/c9-7-5-12(10,11)8-4-2-1-3-6(7)8/h1-5H. The van der Waals surface area contributed by atoms with Crippen molar-refractivity contribution in [2.45, 2.75) is 0 Å². The van der Waals surface area contributed by atoms with Gasteiger partial charge in [0.05, 0.1) is 0 Å². The van der Waals surface area contributed by atoms with Gasteiger partial charge in [-0.15, -0.1) is 0 Å². The zero-order valence-electron chi connectivity index (χ0n) is 5.93. The number of benzene rings is 1. The number of halogens is 3. The molecule has 0 aliphatic carbocycles. The van der Waals surface area contributed by atoms with Crippen LogP contribution in [0.5, 0.6) is 0 Å². The molecule has 0 radical (unpaired) electrons. The molecule has 4 heteroatoms. The molecule has 0 saturated carbocycles. The van der Waals surface area contributed by atoms with Crippen molar-refractivity contribution in [2.24, 2.45) is 0 Å². The van der Waals surface area contributed by atoms with E-state index < -0.39 is 15.9 Å². The van der Waals surface area contributed by atoms with Crippen molar-refractivity contribution in [1.29, 1.82) is 0 Å². The zero-order chi connectivity index (χ0) is 8.77. The van der Waals surface area contributed by atoms with Crippen LogP contribution in [0.15, 0.2) is 28.4 Å². The molecule has 0 amide bonds. The summed E-state index contributed by atoms with van der Waals surface area (Å²) in [5, 5.41) is 0. The molecule has 0 nitrogen and oxygen atoms in total. The summed E-state index contributed by atoms with van der Waals surface area (Å²) in [6.45, 7) is 0. The van der Waals surface area contributed by atoms with Crippen molar-refractivity contribution < 1.29 is 0 Å². The van der Waals surface area contributed by atoms with E-state index in [1.54, 1.807) is 0 Å². The number of rotatable bonds is 0. The third-order valence-electron chi connectivity index (χ3n) is 1.69. The molecule has 1 heterocycles. The average molecular weight is 380 g/mol. The van der Waals surface area contributed by atoms with E-state index in [9.17, 15) is 0 Å². The predicted molar refractivity (Wildman–Crippen MR) is 60.4 cm³/mol. The minimum atomic E-state index is -2.81. The van der Waals surface area contributed by atoms with Gasteiger partial charge in [0, 0.05) is 0 Å². The van der Waals surface area contributed by atoms with E-state index in [1.165, 1.54) is 0 Å². The van der Waals surface area contributed by atoms with Crippen LogP contribution in [0.25, 0.3) is 4.48 Å². The van der Waals surface area contributed by atoms with Gasteiger partial charge in [0.2, 0.25) is 0 Å². The Morgan fingerprint density at radius 1 is 1.17 bits per heavy atom. The van der Waals surface area contributed by atoms with Gasteiger partial charge in [-0.2, -0.15) is 0 Å². The van der Waals surface area contributed by atoms with Crippen molar-refractivity contribution in [2.75, 3.05) is 0 Å². The predicted octanol–water partition coefficient (Wildman–Crippen LogP) is 3.10. The van der Waals surface area contributed by atoms with Gasteiger partial charge in [0.1, 0.15) is 0 Å². The summed E-state index contributed by atoms with van der Waals surface area (Å²) in [7, 11) is 12.5. The Hall–Kier alpha value is 0.810. The molecular formula is C8H5BrCl2Te. The first-order valence-corrected chi connectivity index (χ1v) is 12.5. The van der Waals surface area contributed by atoms with Crippen molar-refractivity contribution in [3.63, 3.8) is 0 Å². The molecular weight excluding hydrogens is 374 g/mol. The van der Waals surface area contributed by atoms with E-state index in [0.717, 1.165) is 13.7 Å². The van der Waals surface area contributed by atoms with Crippen LogP contribution >= 0.6 is 33.9 Å². The SMILES string of the molecule is Cl[Te]1(Cl)C=C(Br)c2ccccc21. The molecule has 0 bridgehead atoms. The molecule has 0 atom stereocenters. The van der Waals surface area contributed by atoms with Crippen LogP contribution in [-0.2, 0) is 0 Å². The maximum atomic E-state index is 6.24. The maximum absolute atomic E-state index is 6.24. The number of hydrogen-bond donors (Lipinski definition) is 0. The third kappa shape index (κ3) is 1.45. The van der Waals surface area contributed by atoms with Crippen molar-refractivity contribution in [3.8, 4) is 0 Å². The van der Waals surface area contributed by atoms with E-state index in [4.69, 9.17) is 17.9 Å². The van der Waals surface area contributed by atoms with Crippen LogP contribution in [0.4, 0.5) is 0 Å². The van der Waals surface area contributed by atoms with Crippen LogP contribution in [0, 0.1) is 0 Å². The summed E-state index contributed by atoms with van der Waals surface area (Å²) >= 11 is 0.640. The van der Waals surface area contributed by atoms with Gasteiger partial charge in [-0.25, -0.2) is 0 Å². The normalized spacial score (nSPS) is 21.4. The van der Waals surface area contributed by atoms with E-state index in [2.05, 4.69) is 15.9 Å². The van der Waals surface area contributed by atoms with Gasteiger partial charge in [-0.1, -0.05) is 0 Å². The van der Waals surface area contributed by atoms with Crippen LogP contribution in [0.1, 0.15) is 5.56 Å². The Bertz CT molecular complexity index is 360. The van der Waals surface area contributed by atoms with E-state index in [1.807, 2.05) is 28.4 Å². The first-order chi connectivity index (χ1) is 5.61. The second kappa shape index (κ2) is 3.19. The van der Waals surface area contributed by atoms with Crippen molar-refractivity contribution >= 4 is 57.9 Å². The molecule has 12 heavy (non-hydrogen) atoms. The van der Waals surface area contributed by atoms with Crippen LogP contribution in [0.3, 0.4) is 0 Å². The van der Waals surface area contributed by atoms with Gasteiger partial charge in [-0.05, 0) is 0 Å². The molecule has 0 spiro atoms. The van der Waals surface area contributed by atoms with E-state index in [0.29, 0.717) is 0 Å². The number of fused-ring (bicyclic) bond motifs is 1. The summed E-state index contributed by atoms with van der Waals surface area (Å²) in [4.78, 5) is 0. The second-order valence-corrected chi connectivity index (χ2v) is 15.7. The third-order valence-corrected chi connectivity index (χ3v) is 10.9. The molecule has 0 N–H and O–H groups in total. The summed E-state index contributed by atoms with van der Waals surface area (Å²) in [6.07, 6.45) is 0. The first kappa shape index (κ1) is 9.37. The Balaban J connectivity index is 2.68. The van der Waals surface area contributed by atoms with Crippen molar-refractivity contribution in [3.05, 3.63) is 34.0 Å². The quantitative estimate of drug-likeness (QED) is 0.608. The molecule has 1 aromatic carbocycles. The molecule has 0 fully saturated rings. The summed E-state index contributed by atoms with van der Waals surface area (Å²) in [5.74, 6) is 0. The molecule has 1 aromatic rings. The molecule has 0 saturated heterocycles. The molecule has 1 aliphatic heterocycles. The fourth-order valence-electron chi connectivity index (χ4n) is 1.16. The molecule has 1 aliphatic rings. The number of hydrogen-bond acceptors (Lipinski definition) is 0. The minimum absolute atomic E-state index is 1.05. The van der Waals surface area contributed by atoms with Gasteiger partial charge in [-0.3, -0.25) is 0 Å². The Morgan fingerprint density at radius 2 is 1.83 bits per heavy atom. The Labute approximate surface area is 91.0 Å². The topological polar surface area (TPSA) is 0 Å². The summed E-state index contributed by atoms with van der Waals surface area (Å²) in [6, 6.07) is 8.02. The average Bonchev–Trinajstić information content (AvgIpc) is 2.25. The summed E-state index contributed by atoms with van der Waals surface area (Å²) < 4.78 is 4.16. The molecule has 0 aromatic heterocycles. The van der Waals surface area contributed by atoms with Crippen LogP contribution in [0.2, 0.25) is 0 Å². The van der Waals surface area contributed by atoms with Gasteiger partial charge in [0.15, 0.2) is 0 Å². The Morgan fingerprint density at radius 3 is 2.50 bits per heavy atom. The van der Waals surface area contributed by atoms with Gasteiger partial charge >= 0.3 is 91.8 Å².